The maximum absolute atomic E-state index is 11.4. The summed E-state index contributed by atoms with van der Waals surface area (Å²) in [5, 5.41) is 11.4. The van der Waals surface area contributed by atoms with Gasteiger partial charge in [0.1, 0.15) is 0 Å². The summed E-state index contributed by atoms with van der Waals surface area (Å²) >= 11 is 0. The Morgan fingerprint density at radius 3 is 2.69 bits per heavy atom. The topological polar surface area (TPSA) is 78.9 Å². The van der Waals surface area contributed by atoms with Crippen LogP contribution in [0, 0.1) is 5.92 Å². The van der Waals surface area contributed by atoms with Crippen molar-refractivity contribution in [3.63, 3.8) is 0 Å². The van der Waals surface area contributed by atoms with E-state index in [1.54, 1.807) is 7.11 Å². The number of likely N-dealkylation sites (tertiary alicyclic amines) is 1. The number of carboxylic acid groups (broad SMARTS) is 1. The van der Waals surface area contributed by atoms with Crippen molar-refractivity contribution in [3.05, 3.63) is 0 Å². The molecule has 1 saturated heterocycles. The summed E-state index contributed by atoms with van der Waals surface area (Å²) in [5.41, 5.74) is 0. The van der Waals surface area contributed by atoms with Crippen LogP contribution < -0.4 is 5.32 Å². The number of rotatable bonds is 6. The second kappa shape index (κ2) is 6.32. The molecule has 0 atom stereocenters. The maximum atomic E-state index is 11.4. The zero-order valence-corrected chi connectivity index (χ0v) is 9.44. The average Bonchev–Trinajstić information content (AvgIpc) is 2.14. The number of hydrogen-bond acceptors (Lipinski definition) is 3. The number of unbranched alkanes of at least 4 members (excludes halogenated alkanes) is 1. The lowest BCUT2D eigenvalue weighted by Crippen LogP contribution is -2.56. The van der Waals surface area contributed by atoms with E-state index in [9.17, 15) is 9.59 Å². The first-order chi connectivity index (χ1) is 7.65. The first-order valence-electron chi connectivity index (χ1n) is 5.39. The number of nitrogens with zero attached hydrogens (tertiary/aromatic N) is 1. The summed E-state index contributed by atoms with van der Waals surface area (Å²) in [4.78, 5) is 23.4. The van der Waals surface area contributed by atoms with Gasteiger partial charge in [-0.2, -0.15) is 0 Å². The number of urea groups is 1. The number of aliphatic carboxylic acids is 1. The Bertz CT molecular complexity index is 251. The minimum absolute atomic E-state index is 0.171. The lowest BCUT2D eigenvalue weighted by molar-refractivity contribution is -0.146. The van der Waals surface area contributed by atoms with Crippen LogP contribution in [0.5, 0.6) is 0 Å². The van der Waals surface area contributed by atoms with E-state index in [4.69, 9.17) is 9.84 Å². The number of carboxylic acids is 1. The summed E-state index contributed by atoms with van der Waals surface area (Å²) in [6.07, 6.45) is 1.78. The van der Waals surface area contributed by atoms with Gasteiger partial charge in [-0.15, -0.1) is 0 Å². The van der Waals surface area contributed by atoms with Crippen molar-refractivity contribution in [3.8, 4) is 0 Å². The third-order valence-corrected chi connectivity index (χ3v) is 2.57. The molecule has 1 heterocycles. The van der Waals surface area contributed by atoms with Gasteiger partial charge in [0.2, 0.25) is 0 Å². The van der Waals surface area contributed by atoms with Crippen LogP contribution in [0.25, 0.3) is 0 Å². The average molecular weight is 230 g/mol. The number of nitrogens with one attached hydrogen (secondary N) is 1. The first-order valence-corrected chi connectivity index (χ1v) is 5.39. The Hall–Kier alpha value is -1.30. The molecule has 92 valence electrons. The van der Waals surface area contributed by atoms with E-state index in [1.807, 2.05) is 0 Å². The molecule has 0 spiro atoms. The molecule has 16 heavy (non-hydrogen) atoms. The van der Waals surface area contributed by atoms with Crippen molar-refractivity contribution in [2.24, 2.45) is 5.92 Å². The van der Waals surface area contributed by atoms with E-state index in [0.717, 1.165) is 12.8 Å². The predicted octanol–water partition coefficient (Wildman–Crippen LogP) is 0.139. The molecule has 1 rings (SSSR count). The Labute approximate surface area is 94.6 Å². The number of carbonyl (C=O) groups is 2. The Morgan fingerprint density at radius 2 is 2.12 bits per heavy atom. The zero-order chi connectivity index (χ0) is 12.0. The fourth-order valence-corrected chi connectivity index (χ4v) is 1.48. The molecular weight excluding hydrogens is 212 g/mol. The van der Waals surface area contributed by atoms with Crippen molar-refractivity contribution in [1.29, 1.82) is 0 Å². The molecule has 2 amide bonds. The van der Waals surface area contributed by atoms with Gasteiger partial charge < -0.3 is 20.1 Å². The summed E-state index contributed by atoms with van der Waals surface area (Å²) in [5.74, 6) is -1.22. The second-order valence-electron chi connectivity index (χ2n) is 3.87. The fraction of sp³-hybridized carbons (Fsp3) is 0.800. The molecule has 0 saturated carbocycles. The van der Waals surface area contributed by atoms with Gasteiger partial charge in [0.25, 0.3) is 0 Å². The van der Waals surface area contributed by atoms with E-state index >= 15 is 0 Å². The lowest BCUT2D eigenvalue weighted by Gasteiger charge is -2.36. The minimum Gasteiger partial charge on any atom is -0.481 e. The van der Waals surface area contributed by atoms with Gasteiger partial charge in [-0.3, -0.25) is 4.79 Å². The number of carbonyl (C=O) groups excluding carboxylic acids is 1. The van der Waals surface area contributed by atoms with Gasteiger partial charge in [-0.1, -0.05) is 0 Å². The zero-order valence-electron chi connectivity index (χ0n) is 9.44. The summed E-state index contributed by atoms with van der Waals surface area (Å²) in [7, 11) is 1.64. The molecule has 1 aliphatic heterocycles. The molecule has 0 unspecified atom stereocenters. The van der Waals surface area contributed by atoms with Gasteiger partial charge in [0, 0.05) is 33.4 Å². The quantitative estimate of drug-likeness (QED) is 0.636. The first kappa shape index (κ1) is 12.8. The molecule has 0 radical (unpaired) electrons. The largest absolute Gasteiger partial charge is 0.481 e. The minimum atomic E-state index is -0.829. The van der Waals surface area contributed by atoms with Gasteiger partial charge in [0.15, 0.2) is 0 Å². The molecule has 0 aromatic carbocycles. The highest BCUT2D eigenvalue weighted by atomic mass is 16.5. The van der Waals surface area contributed by atoms with E-state index in [1.165, 1.54) is 4.90 Å². The molecule has 0 aromatic rings. The molecule has 0 aromatic heterocycles. The summed E-state index contributed by atoms with van der Waals surface area (Å²) in [6.45, 7) is 1.94. The van der Waals surface area contributed by atoms with Gasteiger partial charge in [-0.25, -0.2) is 4.79 Å². The van der Waals surface area contributed by atoms with E-state index in [0.29, 0.717) is 26.2 Å². The Kier molecular flexibility index (Phi) is 5.04. The van der Waals surface area contributed by atoms with Crippen LogP contribution >= 0.6 is 0 Å². The number of amides is 2. The Morgan fingerprint density at radius 1 is 1.44 bits per heavy atom. The molecule has 1 aliphatic rings. The van der Waals surface area contributed by atoms with Crippen LogP contribution in [-0.4, -0.2) is 55.4 Å². The molecule has 0 aliphatic carbocycles. The summed E-state index contributed by atoms with van der Waals surface area (Å²) in [6, 6.07) is -0.171. The van der Waals surface area contributed by atoms with E-state index in [2.05, 4.69) is 5.32 Å². The molecule has 2 N–H and O–H groups in total. The molecule has 6 heteroatoms. The highest BCUT2D eigenvalue weighted by Gasteiger charge is 2.35. The van der Waals surface area contributed by atoms with Gasteiger partial charge in [0.05, 0.1) is 5.92 Å². The smallest absolute Gasteiger partial charge is 0.317 e. The molecular formula is C10H18N2O4. The standard InChI is InChI=1S/C10H18N2O4/c1-16-5-3-2-4-11-10(15)12-6-8(7-12)9(13)14/h8H,2-7H2,1H3,(H,11,15)(H,13,14). The summed E-state index contributed by atoms with van der Waals surface area (Å²) < 4.78 is 4.88. The highest BCUT2D eigenvalue weighted by Crippen LogP contribution is 2.14. The van der Waals surface area contributed by atoms with Crippen molar-refractivity contribution in [2.75, 3.05) is 33.4 Å². The molecule has 0 bridgehead atoms. The second-order valence-corrected chi connectivity index (χ2v) is 3.87. The fourth-order valence-electron chi connectivity index (χ4n) is 1.48. The van der Waals surface area contributed by atoms with Crippen LogP contribution in [0.3, 0.4) is 0 Å². The third kappa shape index (κ3) is 3.69. The van der Waals surface area contributed by atoms with Crippen LogP contribution in [-0.2, 0) is 9.53 Å². The third-order valence-electron chi connectivity index (χ3n) is 2.57. The maximum Gasteiger partial charge on any atom is 0.317 e. The van der Waals surface area contributed by atoms with Crippen LogP contribution in [0.4, 0.5) is 4.79 Å². The monoisotopic (exact) mass is 230 g/mol. The van der Waals surface area contributed by atoms with E-state index in [-0.39, 0.29) is 11.9 Å². The highest BCUT2D eigenvalue weighted by molar-refractivity contribution is 5.79. The predicted molar refractivity (Wildman–Crippen MR) is 57.2 cm³/mol. The van der Waals surface area contributed by atoms with Crippen molar-refractivity contribution < 1.29 is 19.4 Å². The SMILES string of the molecule is COCCCCNC(=O)N1CC(C(=O)O)C1. The number of methoxy groups -OCH3 is 1. The van der Waals surface area contributed by atoms with Crippen LogP contribution in [0.15, 0.2) is 0 Å². The lowest BCUT2D eigenvalue weighted by atomic mass is 10.0. The van der Waals surface area contributed by atoms with E-state index < -0.39 is 5.97 Å². The van der Waals surface area contributed by atoms with Crippen molar-refractivity contribution in [1.82, 2.24) is 10.2 Å². The Balaban J connectivity index is 2.02. The normalized spacial score (nSPS) is 15.7. The van der Waals surface area contributed by atoms with Gasteiger partial charge >= 0.3 is 12.0 Å². The number of hydrogen-bond donors (Lipinski definition) is 2. The van der Waals surface area contributed by atoms with Crippen LogP contribution in [0.2, 0.25) is 0 Å². The molecule has 6 nitrogen and oxygen atoms in total. The van der Waals surface area contributed by atoms with Crippen molar-refractivity contribution >= 4 is 12.0 Å². The number of ether oxygens (including phenoxy) is 1. The van der Waals surface area contributed by atoms with Crippen molar-refractivity contribution in [2.45, 2.75) is 12.8 Å². The molecule has 1 fully saturated rings. The van der Waals surface area contributed by atoms with Crippen LogP contribution in [0.1, 0.15) is 12.8 Å². The van der Waals surface area contributed by atoms with Gasteiger partial charge in [-0.05, 0) is 12.8 Å².